The maximum absolute atomic E-state index is 10.6. The average molecular weight is 305 g/mol. The number of benzene rings is 1. The van der Waals surface area contributed by atoms with Crippen molar-refractivity contribution in [3.63, 3.8) is 0 Å². The molecule has 0 unspecified atom stereocenters. The maximum Gasteiger partial charge on any atom is 0.303 e. The van der Waals surface area contributed by atoms with E-state index in [1.807, 2.05) is 38.1 Å². The first-order chi connectivity index (χ1) is 10.0. The van der Waals surface area contributed by atoms with E-state index < -0.39 is 5.97 Å². The Balaban J connectivity index is 1.86. The van der Waals surface area contributed by atoms with E-state index in [9.17, 15) is 4.79 Å². The Labute approximate surface area is 128 Å². The molecule has 0 aliphatic rings. The van der Waals surface area contributed by atoms with E-state index in [-0.39, 0.29) is 6.42 Å². The number of aryl methyl sites for hydroxylation is 3. The third-order valence-electron chi connectivity index (χ3n) is 3.08. The van der Waals surface area contributed by atoms with Crippen LogP contribution in [0.4, 0.5) is 0 Å². The molecule has 0 fully saturated rings. The summed E-state index contributed by atoms with van der Waals surface area (Å²) < 4.78 is 5.71. The highest BCUT2D eigenvalue weighted by Gasteiger charge is 2.09. The van der Waals surface area contributed by atoms with Crippen molar-refractivity contribution in [3.8, 4) is 5.75 Å². The summed E-state index contributed by atoms with van der Waals surface area (Å²) in [6, 6.07) is 7.96. The number of hydrogen-bond donors (Lipinski definition) is 1. The molecule has 0 aliphatic heterocycles. The van der Waals surface area contributed by atoms with Crippen LogP contribution in [0.15, 0.2) is 24.3 Å². The Kier molecular flexibility index (Phi) is 5.33. The van der Waals surface area contributed by atoms with Crippen LogP contribution in [0.2, 0.25) is 0 Å². The van der Waals surface area contributed by atoms with Gasteiger partial charge in [0.05, 0.1) is 23.7 Å². The second-order valence-corrected chi connectivity index (χ2v) is 6.09. The Morgan fingerprint density at radius 3 is 2.86 bits per heavy atom. The fraction of sp³-hybridized carbons (Fsp3) is 0.375. The zero-order chi connectivity index (χ0) is 15.2. The Morgan fingerprint density at radius 1 is 1.33 bits per heavy atom. The second kappa shape index (κ2) is 7.22. The van der Waals surface area contributed by atoms with Crippen molar-refractivity contribution < 1.29 is 14.6 Å². The summed E-state index contributed by atoms with van der Waals surface area (Å²) in [6.07, 6.45) is 1.45. The van der Waals surface area contributed by atoms with E-state index in [0.717, 1.165) is 27.7 Å². The lowest BCUT2D eigenvalue weighted by Crippen LogP contribution is -2.01. The van der Waals surface area contributed by atoms with Crippen molar-refractivity contribution in [2.45, 2.75) is 33.1 Å². The summed E-state index contributed by atoms with van der Waals surface area (Å²) in [6.45, 7) is 4.54. The number of carboxylic acid groups (broad SMARTS) is 1. The van der Waals surface area contributed by atoms with Gasteiger partial charge in [-0.15, -0.1) is 11.3 Å². The standard InChI is InChI=1S/C16H19NO3S/c1-11-4-3-5-13(10-11)20-9-8-15-17-12(2)14(21-15)6-7-16(18)19/h3-5,10H,6-9H2,1-2H3,(H,18,19). The second-order valence-electron chi connectivity index (χ2n) is 4.92. The maximum atomic E-state index is 10.6. The number of carboxylic acids is 1. The minimum Gasteiger partial charge on any atom is -0.493 e. The summed E-state index contributed by atoms with van der Waals surface area (Å²) in [5.74, 6) is 0.0986. The van der Waals surface area contributed by atoms with Crippen LogP contribution in [0.1, 0.15) is 27.6 Å². The van der Waals surface area contributed by atoms with Crippen LogP contribution >= 0.6 is 11.3 Å². The van der Waals surface area contributed by atoms with E-state index in [1.54, 1.807) is 11.3 Å². The Morgan fingerprint density at radius 2 is 2.14 bits per heavy atom. The number of nitrogens with zero attached hydrogens (tertiary/aromatic N) is 1. The van der Waals surface area contributed by atoms with Crippen LogP contribution in [0, 0.1) is 13.8 Å². The molecule has 0 amide bonds. The van der Waals surface area contributed by atoms with E-state index in [4.69, 9.17) is 9.84 Å². The van der Waals surface area contributed by atoms with Crippen molar-refractivity contribution in [1.82, 2.24) is 4.98 Å². The number of aliphatic carboxylic acids is 1. The normalized spacial score (nSPS) is 10.6. The number of rotatable bonds is 7. The van der Waals surface area contributed by atoms with Gasteiger partial charge < -0.3 is 9.84 Å². The molecule has 0 spiro atoms. The predicted molar refractivity (Wildman–Crippen MR) is 83.2 cm³/mol. The lowest BCUT2D eigenvalue weighted by molar-refractivity contribution is -0.136. The topological polar surface area (TPSA) is 59.4 Å². The zero-order valence-electron chi connectivity index (χ0n) is 12.3. The molecule has 0 atom stereocenters. The summed E-state index contributed by atoms with van der Waals surface area (Å²) in [4.78, 5) is 16.2. The first-order valence-corrected chi connectivity index (χ1v) is 7.72. The predicted octanol–water partition coefficient (Wildman–Crippen LogP) is 3.40. The highest BCUT2D eigenvalue weighted by Crippen LogP contribution is 2.21. The molecular formula is C16H19NO3S. The molecule has 21 heavy (non-hydrogen) atoms. The van der Waals surface area contributed by atoms with E-state index in [2.05, 4.69) is 4.98 Å². The minimum atomic E-state index is -0.771. The molecule has 1 aromatic carbocycles. The van der Waals surface area contributed by atoms with Gasteiger partial charge in [0.25, 0.3) is 0 Å². The van der Waals surface area contributed by atoms with Crippen molar-refractivity contribution in [1.29, 1.82) is 0 Å². The van der Waals surface area contributed by atoms with Gasteiger partial charge in [-0.2, -0.15) is 0 Å². The molecule has 0 bridgehead atoms. The molecule has 1 N–H and O–H groups in total. The fourth-order valence-electron chi connectivity index (χ4n) is 2.01. The van der Waals surface area contributed by atoms with Crippen molar-refractivity contribution in [3.05, 3.63) is 45.4 Å². The van der Waals surface area contributed by atoms with Gasteiger partial charge in [0, 0.05) is 11.3 Å². The lowest BCUT2D eigenvalue weighted by atomic mass is 10.2. The minimum absolute atomic E-state index is 0.155. The number of hydrogen-bond acceptors (Lipinski definition) is 4. The van der Waals surface area contributed by atoms with Crippen LogP contribution in [0.5, 0.6) is 5.75 Å². The van der Waals surface area contributed by atoms with Gasteiger partial charge in [0.15, 0.2) is 0 Å². The summed E-state index contributed by atoms with van der Waals surface area (Å²) in [7, 11) is 0. The van der Waals surface area contributed by atoms with Crippen LogP contribution in [-0.2, 0) is 17.6 Å². The molecule has 0 radical (unpaired) electrons. The summed E-state index contributed by atoms with van der Waals surface area (Å²) >= 11 is 1.59. The fourth-order valence-corrected chi connectivity index (χ4v) is 3.06. The van der Waals surface area contributed by atoms with Gasteiger partial charge in [-0.25, -0.2) is 4.98 Å². The molecule has 0 saturated carbocycles. The first kappa shape index (κ1) is 15.5. The molecule has 1 heterocycles. The molecule has 112 valence electrons. The van der Waals surface area contributed by atoms with Crippen molar-refractivity contribution in [2.24, 2.45) is 0 Å². The highest BCUT2D eigenvalue weighted by atomic mass is 32.1. The molecule has 0 aliphatic carbocycles. The van der Waals surface area contributed by atoms with Crippen LogP contribution in [0.25, 0.3) is 0 Å². The molecular weight excluding hydrogens is 286 g/mol. The van der Waals surface area contributed by atoms with Crippen molar-refractivity contribution >= 4 is 17.3 Å². The van der Waals surface area contributed by atoms with Gasteiger partial charge in [-0.3, -0.25) is 4.79 Å². The largest absolute Gasteiger partial charge is 0.493 e. The van der Waals surface area contributed by atoms with Gasteiger partial charge >= 0.3 is 5.97 Å². The van der Waals surface area contributed by atoms with Crippen LogP contribution in [0.3, 0.4) is 0 Å². The van der Waals surface area contributed by atoms with Gasteiger partial charge in [-0.1, -0.05) is 12.1 Å². The first-order valence-electron chi connectivity index (χ1n) is 6.91. The zero-order valence-corrected chi connectivity index (χ0v) is 13.1. The molecule has 2 aromatic rings. The monoisotopic (exact) mass is 305 g/mol. The average Bonchev–Trinajstić information content (AvgIpc) is 2.77. The molecule has 1 aromatic heterocycles. The molecule has 0 saturated heterocycles. The van der Waals surface area contributed by atoms with Crippen LogP contribution in [-0.4, -0.2) is 22.7 Å². The third-order valence-corrected chi connectivity index (χ3v) is 4.35. The van der Waals surface area contributed by atoms with Gasteiger partial charge in [0.2, 0.25) is 0 Å². The number of thiazole rings is 1. The van der Waals surface area contributed by atoms with E-state index in [0.29, 0.717) is 13.0 Å². The molecule has 5 heteroatoms. The molecule has 4 nitrogen and oxygen atoms in total. The van der Waals surface area contributed by atoms with E-state index >= 15 is 0 Å². The quantitative estimate of drug-likeness (QED) is 0.851. The Bertz CT molecular complexity index is 622. The lowest BCUT2D eigenvalue weighted by Gasteiger charge is -2.05. The summed E-state index contributed by atoms with van der Waals surface area (Å²) in [5.41, 5.74) is 2.11. The SMILES string of the molecule is Cc1cccc(OCCc2nc(C)c(CCC(=O)O)s2)c1. The number of aromatic nitrogens is 1. The van der Waals surface area contributed by atoms with Gasteiger partial charge in [0.1, 0.15) is 5.75 Å². The Hall–Kier alpha value is -1.88. The van der Waals surface area contributed by atoms with Crippen LogP contribution < -0.4 is 4.74 Å². The smallest absolute Gasteiger partial charge is 0.303 e. The van der Waals surface area contributed by atoms with Crippen molar-refractivity contribution in [2.75, 3.05) is 6.61 Å². The molecule has 2 rings (SSSR count). The third kappa shape index (κ3) is 4.86. The number of ether oxygens (including phenoxy) is 1. The van der Waals surface area contributed by atoms with E-state index in [1.165, 1.54) is 5.56 Å². The highest BCUT2D eigenvalue weighted by molar-refractivity contribution is 7.11. The van der Waals surface area contributed by atoms with Gasteiger partial charge in [-0.05, 0) is 38.0 Å². The number of carbonyl (C=O) groups is 1. The summed E-state index contributed by atoms with van der Waals surface area (Å²) in [5, 5.41) is 9.73.